The van der Waals surface area contributed by atoms with Crippen LogP contribution in [0.5, 0.6) is 0 Å². The molecule has 166 valence electrons. The lowest BCUT2D eigenvalue weighted by Gasteiger charge is -2.33. The van der Waals surface area contributed by atoms with E-state index in [2.05, 4.69) is 66.4 Å². The maximum Gasteiger partial charge on any atom is 0.227 e. The van der Waals surface area contributed by atoms with Crippen molar-refractivity contribution in [3.8, 4) is 0 Å². The molecule has 1 N–H and O–H groups in total. The Labute approximate surface area is 193 Å². The zero-order chi connectivity index (χ0) is 22.2. The summed E-state index contributed by atoms with van der Waals surface area (Å²) >= 11 is 0. The van der Waals surface area contributed by atoms with Crippen LogP contribution in [0.1, 0.15) is 18.2 Å². The van der Waals surface area contributed by atoms with Gasteiger partial charge in [-0.05, 0) is 42.4 Å². The van der Waals surface area contributed by atoms with Gasteiger partial charge in [-0.3, -0.25) is 0 Å². The van der Waals surface area contributed by atoms with Crippen LogP contribution in [0.25, 0.3) is 16.5 Å². The Morgan fingerprint density at radius 3 is 2.70 bits per heavy atom. The van der Waals surface area contributed by atoms with Crippen molar-refractivity contribution in [3.05, 3.63) is 78.1 Å². The standard InChI is InChI=1S/C25H24N8.H2/c1-32-8-10-33(11-9-32)24-7-3-19(14-27-24)30-25-28-15-21-20(4-6-23(21)31-25)17-2-5-22-18(12-17)13-26-16-29-22;/h2-5,7,12-16H,6,8-11H2,1H3,(H,28,30,31);1H. The second kappa shape index (κ2) is 8.22. The Morgan fingerprint density at radius 2 is 1.85 bits per heavy atom. The van der Waals surface area contributed by atoms with Gasteiger partial charge in [0.15, 0.2) is 0 Å². The van der Waals surface area contributed by atoms with E-state index in [1.54, 1.807) is 6.33 Å². The largest absolute Gasteiger partial charge is 0.354 e. The van der Waals surface area contributed by atoms with Gasteiger partial charge in [0, 0.05) is 57.4 Å². The monoisotopic (exact) mass is 438 g/mol. The molecule has 4 aromatic rings. The third kappa shape index (κ3) is 3.89. The van der Waals surface area contributed by atoms with E-state index in [0.29, 0.717) is 5.95 Å². The maximum atomic E-state index is 4.76. The molecular weight excluding hydrogens is 412 g/mol. The predicted octanol–water partition coefficient (Wildman–Crippen LogP) is 3.54. The van der Waals surface area contributed by atoms with Gasteiger partial charge in [0.2, 0.25) is 5.95 Å². The first-order valence-corrected chi connectivity index (χ1v) is 11.2. The van der Waals surface area contributed by atoms with Crippen molar-refractivity contribution >= 4 is 33.9 Å². The Hall–Kier alpha value is -3.91. The minimum atomic E-state index is 0. The molecule has 1 fully saturated rings. The van der Waals surface area contributed by atoms with Crippen LogP contribution in [0.3, 0.4) is 0 Å². The van der Waals surface area contributed by atoms with Crippen LogP contribution < -0.4 is 10.2 Å². The number of hydrogen-bond donors (Lipinski definition) is 1. The molecule has 1 aliphatic heterocycles. The van der Waals surface area contributed by atoms with E-state index in [9.17, 15) is 0 Å². The highest BCUT2D eigenvalue weighted by Crippen LogP contribution is 2.33. The van der Waals surface area contributed by atoms with Crippen molar-refractivity contribution in [2.75, 3.05) is 43.4 Å². The number of hydrogen-bond acceptors (Lipinski definition) is 8. The number of pyridine rings is 1. The number of rotatable bonds is 4. The molecule has 0 radical (unpaired) electrons. The third-order valence-corrected chi connectivity index (χ3v) is 6.30. The van der Waals surface area contributed by atoms with E-state index in [1.807, 2.05) is 30.7 Å². The second-order valence-corrected chi connectivity index (χ2v) is 8.49. The summed E-state index contributed by atoms with van der Waals surface area (Å²) in [6.45, 7) is 4.13. The number of allylic oxidation sites excluding steroid dienone is 1. The van der Waals surface area contributed by atoms with Crippen LogP contribution in [-0.4, -0.2) is 63.0 Å². The van der Waals surface area contributed by atoms with Gasteiger partial charge >= 0.3 is 0 Å². The first-order valence-electron chi connectivity index (χ1n) is 11.2. The molecule has 33 heavy (non-hydrogen) atoms. The van der Waals surface area contributed by atoms with Crippen molar-refractivity contribution < 1.29 is 1.43 Å². The van der Waals surface area contributed by atoms with E-state index in [1.165, 1.54) is 0 Å². The van der Waals surface area contributed by atoms with Gasteiger partial charge in [0.25, 0.3) is 0 Å². The summed E-state index contributed by atoms with van der Waals surface area (Å²) in [5.41, 5.74) is 6.20. The second-order valence-electron chi connectivity index (χ2n) is 8.49. The average molecular weight is 439 g/mol. The van der Waals surface area contributed by atoms with E-state index in [4.69, 9.17) is 4.98 Å². The van der Waals surface area contributed by atoms with Crippen molar-refractivity contribution in [2.45, 2.75) is 6.42 Å². The Bertz CT molecular complexity index is 1350. The molecule has 4 heterocycles. The molecule has 0 unspecified atom stereocenters. The van der Waals surface area contributed by atoms with Gasteiger partial charge in [0.05, 0.1) is 23.1 Å². The zero-order valence-electron chi connectivity index (χ0n) is 18.4. The minimum absolute atomic E-state index is 0. The van der Waals surface area contributed by atoms with Gasteiger partial charge < -0.3 is 15.1 Å². The highest BCUT2D eigenvalue weighted by molar-refractivity contribution is 5.89. The summed E-state index contributed by atoms with van der Waals surface area (Å²) in [6.07, 6.45) is 10.2. The number of benzene rings is 1. The minimum Gasteiger partial charge on any atom is -0.354 e. The molecule has 2 aliphatic rings. The molecule has 1 aliphatic carbocycles. The fourth-order valence-electron chi connectivity index (χ4n) is 4.40. The summed E-state index contributed by atoms with van der Waals surface area (Å²) in [7, 11) is 2.16. The van der Waals surface area contributed by atoms with E-state index in [0.717, 1.165) is 77.4 Å². The number of fused-ring (bicyclic) bond motifs is 2. The fraction of sp³-hybridized carbons (Fsp3) is 0.240. The van der Waals surface area contributed by atoms with E-state index < -0.39 is 0 Å². The first kappa shape index (κ1) is 19.8. The number of piperazine rings is 1. The molecule has 0 spiro atoms. The lowest BCUT2D eigenvalue weighted by molar-refractivity contribution is 0.312. The Kier molecular flexibility index (Phi) is 4.92. The molecule has 8 nitrogen and oxygen atoms in total. The summed E-state index contributed by atoms with van der Waals surface area (Å²) in [4.78, 5) is 27.1. The molecule has 1 aromatic carbocycles. The smallest absolute Gasteiger partial charge is 0.227 e. The SMILES string of the molecule is CN1CCN(c2ccc(Nc3ncc4c(n3)CC=C4c3ccc4ncncc4c3)cn2)CC1.[HH]. The van der Waals surface area contributed by atoms with Crippen molar-refractivity contribution in [1.82, 2.24) is 29.8 Å². The molecule has 8 heteroatoms. The quantitative estimate of drug-likeness (QED) is 0.518. The molecule has 1 saturated heterocycles. The van der Waals surface area contributed by atoms with Gasteiger partial charge in [-0.25, -0.2) is 24.9 Å². The Morgan fingerprint density at radius 1 is 0.939 bits per heavy atom. The van der Waals surface area contributed by atoms with Crippen LogP contribution in [0.15, 0.2) is 61.3 Å². The van der Waals surface area contributed by atoms with E-state index in [-0.39, 0.29) is 1.43 Å². The zero-order valence-corrected chi connectivity index (χ0v) is 18.4. The molecule has 0 saturated carbocycles. The topological polar surface area (TPSA) is 83.0 Å². The number of anilines is 3. The molecule has 3 aromatic heterocycles. The highest BCUT2D eigenvalue weighted by Gasteiger charge is 2.19. The normalized spacial score (nSPS) is 16.0. The van der Waals surface area contributed by atoms with Crippen molar-refractivity contribution in [1.29, 1.82) is 0 Å². The number of nitrogens with one attached hydrogen (secondary N) is 1. The summed E-state index contributed by atoms with van der Waals surface area (Å²) in [6, 6.07) is 10.3. The number of nitrogens with zero attached hydrogens (tertiary/aromatic N) is 7. The van der Waals surface area contributed by atoms with Gasteiger partial charge in [-0.15, -0.1) is 0 Å². The van der Waals surface area contributed by atoms with Crippen LogP contribution in [0.4, 0.5) is 17.5 Å². The highest BCUT2D eigenvalue weighted by atomic mass is 15.3. The van der Waals surface area contributed by atoms with Crippen molar-refractivity contribution in [3.63, 3.8) is 0 Å². The maximum absolute atomic E-state index is 4.76. The fourth-order valence-corrected chi connectivity index (χ4v) is 4.40. The Balaban J connectivity index is 0.00000241. The molecule has 0 amide bonds. The van der Waals surface area contributed by atoms with Crippen LogP contribution in [-0.2, 0) is 6.42 Å². The van der Waals surface area contributed by atoms with Crippen LogP contribution >= 0.6 is 0 Å². The van der Waals surface area contributed by atoms with Gasteiger partial charge in [0.1, 0.15) is 12.1 Å². The third-order valence-electron chi connectivity index (χ3n) is 6.30. The lowest BCUT2D eigenvalue weighted by atomic mass is 10.0. The summed E-state index contributed by atoms with van der Waals surface area (Å²) in [5, 5.41) is 4.32. The number of likely N-dealkylation sites (N-methyl/N-ethyl adjacent to an activating group) is 1. The predicted molar refractivity (Wildman–Crippen MR) is 132 cm³/mol. The van der Waals surface area contributed by atoms with Crippen molar-refractivity contribution in [2.24, 2.45) is 0 Å². The lowest BCUT2D eigenvalue weighted by Crippen LogP contribution is -2.44. The average Bonchev–Trinajstić information content (AvgIpc) is 3.28. The molecule has 6 rings (SSSR count). The number of aromatic nitrogens is 5. The first-order chi connectivity index (χ1) is 16.2. The van der Waals surface area contributed by atoms with E-state index >= 15 is 0 Å². The molecule has 0 atom stereocenters. The summed E-state index contributed by atoms with van der Waals surface area (Å²) < 4.78 is 0. The summed E-state index contributed by atoms with van der Waals surface area (Å²) in [5.74, 6) is 1.60. The van der Waals surface area contributed by atoms with Crippen LogP contribution in [0, 0.1) is 0 Å². The van der Waals surface area contributed by atoms with Crippen LogP contribution in [0.2, 0.25) is 0 Å². The van der Waals surface area contributed by atoms with Gasteiger partial charge in [-0.2, -0.15) is 0 Å². The van der Waals surface area contributed by atoms with Gasteiger partial charge in [-0.1, -0.05) is 12.1 Å². The molecule has 0 bridgehead atoms. The molecular formula is C25H26N8.